The van der Waals surface area contributed by atoms with E-state index in [0.717, 1.165) is 0 Å². The molecular weight excluding hydrogens is 312 g/mol. The van der Waals surface area contributed by atoms with Crippen LogP contribution in [-0.2, 0) is 4.79 Å². The van der Waals surface area contributed by atoms with Crippen molar-refractivity contribution in [1.82, 2.24) is 5.32 Å². The van der Waals surface area contributed by atoms with Gasteiger partial charge in [0.2, 0.25) is 0 Å². The van der Waals surface area contributed by atoms with Crippen molar-refractivity contribution in [1.29, 1.82) is 0 Å². The number of aliphatic carboxylic acids is 1. The standard InChI is InChI=1S/C17H14N2O5/c1-11(13-8-5-9-14(10-13)19(23)24)15(17(21)22)18-16(20)12-6-3-2-4-7-12/h2-10H,1H3,(H,18,20)(H,21,22)/b15-11+. The van der Waals surface area contributed by atoms with E-state index in [4.69, 9.17) is 0 Å². The highest BCUT2D eigenvalue weighted by molar-refractivity contribution is 6.04. The molecular formula is C17H14N2O5. The van der Waals surface area contributed by atoms with Crippen LogP contribution in [0.2, 0.25) is 0 Å². The lowest BCUT2D eigenvalue weighted by molar-refractivity contribution is -0.384. The number of non-ortho nitro benzene ring substituents is 1. The van der Waals surface area contributed by atoms with Gasteiger partial charge in [-0.15, -0.1) is 0 Å². The number of benzene rings is 2. The van der Waals surface area contributed by atoms with E-state index in [0.29, 0.717) is 11.1 Å². The minimum atomic E-state index is -1.33. The van der Waals surface area contributed by atoms with E-state index < -0.39 is 16.8 Å². The van der Waals surface area contributed by atoms with E-state index in [-0.39, 0.29) is 17.0 Å². The van der Waals surface area contributed by atoms with Gasteiger partial charge in [-0.2, -0.15) is 0 Å². The Labute approximate surface area is 137 Å². The molecule has 2 rings (SSSR count). The lowest BCUT2D eigenvalue weighted by Crippen LogP contribution is -2.28. The second kappa shape index (κ2) is 7.19. The van der Waals surface area contributed by atoms with Crippen LogP contribution < -0.4 is 5.32 Å². The van der Waals surface area contributed by atoms with Crippen molar-refractivity contribution in [2.75, 3.05) is 0 Å². The third kappa shape index (κ3) is 3.83. The molecule has 7 nitrogen and oxygen atoms in total. The maximum Gasteiger partial charge on any atom is 0.352 e. The summed E-state index contributed by atoms with van der Waals surface area (Å²) in [5.74, 6) is -1.90. The molecule has 0 aliphatic carbocycles. The van der Waals surface area contributed by atoms with Crippen LogP contribution in [-0.4, -0.2) is 21.9 Å². The van der Waals surface area contributed by atoms with E-state index >= 15 is 0 Å². The van der Waals surface area contributed by atoms with Gasteiger partial charge in [-0.3, -0.25) is 14.9 Å². The van der Waals surface area contributed by atoms with Crippen molar-refractivity contribution in [2.24, 2.45) is 0 Å². The molecule has 2 N–H and O–H groups in total. The summed E-state index contributed by atoms with van der Waals surface area (Å²) < 4.78 is 0. The number of nitro benzene ring substituents is 1. The molecule has 2 aromatic carbocycles. The fraction of sp³-hybridized carbons (Fsp3) is 0.0588. The predicted octanol–water partition coefficient (Wildman–Crippen LogP) is 2.84. The number of carboxylic acids is 1. The molecule has 0 aromatic heterocycles. The van der Waals surface area contributed by atoms with Gasteiger partial charge >= 0.3 is 5.97 Å². The minimum Gasteiger partial charge on any atom is -0.477 e. The first-order chi connectivity index (χ1) is 11.4. The average molecular weight is 326 g/mol. The van der Waals surface area contributed by atoms with Crippen molar-refractivity contribution in [3.8, 4) is 0 Å². The number of nitrogens with one attached hydrogen (secondary N) is 1. The molecule has 122 valence electrons. The summed E-state index contributed by atoms with van der Waals surface area (Å²) in [7, 11) is 0. The molecule has 1 amide bonds. The van der Waals surface area contributed by atoms with Crippen LogP contribution in [0.4, 0.5) is 5.69 Å². The summed E-state index contributed by atoms with van der Waals surface area (Å²) in [6.07, 6.45) is 0. The molecule has 0 spiro atoms. The number of carboxylic acid groups (broad SMARTS) is 1. The fourth-order valence-electron chi connectivity index (χ4n) is 2.08. The highest BCUT2D eigenvalue weighted by Crippen LogP contribution is 2.22. The number of rotatable bonds is 5. The van der Waals surface area contributed by atoms with Gasteiger partial charge in [0.05, 0.1) is 4.92 Å². The third-order valence-electron chi connectivity index (χ3n) is 3.35. The van der Waals surface area contributed by atoms with Gasteiger partial charge in [0.25, 0.3) is 11.6 Å². The normalized spacial score (nSPS) is 11.4. The zero-order valence-electron chi connectivity index (χ0n) is 12.7. The molecule has 7 heteroatoms. The third-order valence-corrected chi connectivity index (χ3v) is 3.35. The van der Waals surface area contributed by atoms with Crippen LogP contribution in [0.15, 0.2) is 60.3 Å². The zero-order chi connectivity index (χ0) is 17.7. The maximum absolute atomic E-state index is 12.2. The van der Waals surface area contributed by atoms with Crippen LogP contribution in [0, 0.1) is 10.1 Å². The van der Waals surface area contributed by atoms with Gasteiger partial charge in [-0.05, 0) is 30.2 Å². The topological polar surface area (TPSA) is 110 Å². The van der Waals surface area contributed by atoms with Crippen LogP contribution >= 0.6 is 0 Å². The van der Waals surface area contributed by atoms with E-state index in [1.807, 2.05) is 0 Å². The lowest BCUT2D eigenvalue weighted by atomic mass is 10.0. The first-order valence-electron chi connectivity index (χ1n) is 6.95. The molecule has 0 aliphatic heterocycles. The smallest absolute Gasteiger partial charge is 0.352 e. The molecule has 0 fully saturated rings. The molecule has 0 heterocycles. The number of amides is 1. The number of carbonyl (C=O) groups is 2. The van der Waals surface area contributed by atoms with Crippen molar-refractivity contribution in [2.45, 2.75) is 6.92 Å². The maximum atomic E-state index is 12.2. The first kappa shape index (κ1) is 16.9. The minimum absolute atomic E-state index is 0.161. The van der Waals surface area contributed by atoms with Gasteiger partial charge in [-0.25, -0.2) is 4.79 Å². The lowest BCUT2D eigenvalue weighted by Gasteiger charge is -2.10. The fourth-order valence-corrected chi connectivity index (χ4v) is 2.08. The second-order valence-electron chi connectivity index (χ2n) is 4.93. The summed E-state index contributed by atoms with van der Waals surface area (Å²) in [5, 5.41) is 22.6. The van der Waals surface area contributed by atoms with Gasteiger partial charge < -0.3 is 10.4 Å². The number of nitro groups is 1. The van der Waals surface area contributed by atoms with E-state index in [1.165, 1.54) is 25.1 Å². The molecule has 0 saturated heterocycles. The Hall–Kier alpha value is -3.48. The van der Waals surface area contributed by atoms with Crippen LogP contribution in [0.1, 0.15) is 22.8 Å². The summed E-state index contributed by atoms with van der Waals surface area (Å²) in [4.78, 5) is 33.9. The number of hydrogen-bond donors (Lipinski definition) is 2. The first-order valence-corrected chi connectivity index (χ1v) is 6.95. The Balaban J connectivity index is 2.40. The summed E-state index contributed by atoms with van der Waals surface area (Å²) in [5.41, 5.74) is 0.379. The quantitative estimate of drug-likeness (QED) is 0.499. The Morgan fingerprint density at radius 2 is 1.67 bits per heavy atom. The largest absolute Gasteiger partial charge is 0.477 e. The Bertz CT molecular complexity index is 828. The monoisotopic (exact) mass is 326 g/mol. The van der Waals surface area contributed by atoms with Gasteiger partial charge in [0, 0.05) is 17.7 Å². The van der Waals surface area contributed by atoms with Gasteiger partial charge in [0.15, 0.2) is 0 Å². The van der Waals surface area contributed by atoms with Crippen molar-refractivity contribution in [3.63, 3.8) is 0 Å². The number of hydrogen-bond acceptors (Lipinski definition) is 4. The van der Waals surface area contributed by atoms with E-state index in [1.54, 1.807) is 36.4 Å². The Morgan fingerprint density at radius 1 is 1.04 bits per heavy atom. The highest BCUT2D eigenvalue weighted by atomic mass is 16.6. The van der Waals surface area contributed by atoms with E-state index in [9.17, 15) is 24.8 Å². The zero-order valence-corrected chi connectivity index (χ0v) is 12.7. The van der Waals surface area contributed by atoms with Gasteiger partial charge in [-0.1, -0.05) is 30.3 Å². The number of allylic oxidation sites excluding steroid dienone is 1. The SMILES string of the molecule is C/C(=C(\NC(=O)c1ccccc1)C(=O)O)c1cccc([N+](=O)[O-])c1. The Kier molecular flexibility index (Phi) is 5.06. The molecule has 0 atom stereocenters. The highest BCUT2D eigenvalue weighted by Gasteiger charge is 2.18. The molecule has 24 heavy (non-hydrogen) atoms. The van der Waals surface area contributed by atoms with Crippen LogP contribution in [0.3, 0.4) is 0 Å². The number of carbonyl (C=O) groups excluding carboxylic acids is 1. The molecule has 0 bridgehead atoms. The summed E-state index contributed by atoms with van der Waals surface area (Å²) >= 11 is 0. The van der Waals surface area contributed by atoms with Crippen molar-refractivity contribution in [3.05, 3.63) is 81.5 Å². The molecule has 0 aliphatic rings. The Morgan fingerprint density at radius 3 is 2.25 bits per heavy atom. The van der Waals surface area contributed by atoms with Crippen molar-refractivity contribution < 1.29 is 19.6 Å². The van der Waals surface area contributed by atoms with Crippen LogP contribution in [0.25, 0.3) is 5.57 Å². The second-order valence-corrected chi connectivity index (χ2v) is 4.93. The van der Waals surface area contributed by atoms with E-state index in [2.05, 4.69) is 5.32 Å². The predicted molar refractivity (Wildman–Crippen MR) is 87.2 cm³/mol. The average Bonchev–Trinajstić information content (AvgIpc) is 2.59. The molecule has 2 aromatic rings. The number of nitrogens with zero attached hydrogens (tertiary/aromatic N) is 1. The summed E-state index contributed by atoms with van der Waals surface area (Å²) in [6, 6.07) is 13.7. The van der Waals surface area contributed by atoms with Crippen LogP contribution in [0.5, 0.6) is 0 Å². The molecule has 0 unspecified atom stereocenters. The molecule has 0 saturated carbocycles. The van der Waals surface area contributed by atoms with Gasteiger partial charge in [0.1, 0.15) is 5.70 Å². The molecule has 0 radical (unpaired) electrons. The van der Waals surface area contributed by atoms with Crippen molar-refractivity contribution >= 4 is 23.1 Å². The summed E-state index contributed by atoms with van der Waals surface area (Å²) in [6.45, 7) is 1.48.